The molecule has 0 bridgehead atoms. The van der Waals surface area contributed by atoms with Gasteiger partial charge in [-0.1, -0.05) is 46.4 Å². The first-order valence-corrected chi connectivity index (χ1v) is 8.15. The second-order valence-corrected chi connectivity index (χ2v) is 6.50. The molecule has 1 aliphatic heterocycles. The minimum absolute atomic E-state index is 0.494. The van der Waals surface area contributed by atoms with Crippen LogP contribution in [0.2, 0.25) is 5.02 Å². The first kappa shape index (κ1) is 14.6. The lowest BCUT2D eigenvalue weighted by Crippen LogP contribution is -2.35. The van der Waals surface area contributed by atoms with Crippen molar-refractivity contribution in [2.45, 2.75) is 38.3 Å². The van der Waals surface area contributed by atoms with Gasteiger partial charge >= 0.3 is 0 Å². The maximum absolute atomic E-state index is 6.29. The van der Waals surface area contributed by atoms with Gasteiger partial charge < -0.3 is 0 Å². The number of benzene rings is 1. The van der Waals surface area contributed by atoms with Gasteiger partial charge in [0, 0.05) is 28.0 Å². The van der Waals surface area contributed by atoms with E-state index in [2.05, 4.69) is 33.0 Å². The molecule has 0 aliphatic carbocycles. The molecule has 0 saturated carbocycles. The van der Waals surface area contributed by atoms with Crippen molar-refractivity contribution in [1.82, 2.24) is 4.90 Å². The van der Waals surface area contributed by atoms with Crippen LogP contribution in [0.5, 0.6) is 0 Å². The summed E-state index contributed by atoms with van der Waals surface area (Å²) in [4.78, 5) is 2.48. The van der Waals surface area contributed by atoms with Crippen molar-refractivity contribution in [3.05, 3.63) is 33.3 Å². The summed E-state index contributed by atoms with van der Waals surface area (Å²) in [6, 6.07) is 6.61. The number of hydrogen-bond acceptors (Lipinski definition) is 1. The van der Waals surface area contributed by atoms with Crippen molar-refractivity contribution >= 4 is 39.1 Å². The van der Waals surface area contributed by atoms with Crippen LogP contribution in [0.15, 0.2) is 22.7 Å². The van der Waals surface area contributed by atoms with Crippen LogP contribution in [0.1, 0.15) is 31.2 Å². The summed E-state index contributed by atoms with van der Waals surface area (Å²) in [5.74, 6) is 0.716. The fraction of sp³-hybridized carbons (Fsp3) is 0.571. The van der Waals surface area contributed by atoms with Crippen molar-refractivity contribution in [2.24, 2.45) is 0 Å². The Labute approximate surface area is 128 Å². The Kier molecular flexibility index (Phi) is 5.81. The molecule has 1 aromatic rings. The molecule has 1 unspecified atom stereocenters. The molecule has 0 aromatic heterocycles. The molecule has 2 rings (SSSR count). The molecule has 0 spiro atoms. The summed E-state index contributed by atoms with van der Waals surface area (Å²) in [5.41, 5.74) is 1.19. The van der Waals surface area contributed by atoms with E-state index in [9.17, 15) is 0 Å². The van der Waals surface area contributed by atoms with Crippen LogP contribution in [0.25, 0.3) is 0 Å². The number of halogens is 3. The highest BCUT2D eigenvalue weighted by Gasteiger charge is 2.20. The van der Waals surface area contributed by atoms with Crippen molar-refractivity contribution in [2.75, 3.05) is 12.4 Å². The van der Waals surface area contributed by atoms with E-state index in [1.807, 2.05) is 6.07 Å². The predicted octanol–water partition coefficient (Wildman–Crippen LogP) is 5.09. The summed E-state index contributed by atoms with van der Waals surface area (Å²) in [6.45, 7) is 2.03. The maximum Gasteiger partial charge on any atom is 0.0462 e. The summed E-state index contributed by atoms with van der Waals surface area (Å²) in [5, 5.41) is 0.835. The highest BCUT2D eigenvalue weighted by molar-refractivity contribution is 9.10. The fourth-order valence-electron chi connectivity index (χ4n) is 2.49. The zero-order chi connectivity index (χ0) is 13.0. The van der Waals surface area contributed by atoms with Gasteiger partial charge in [0.15, 0.2) is 0 Å². The molecule has 100 valence electrons. The molecule has 1 aromatic carbocycles. The Morgan fingerprint density at radius 3 is 2.83 bits per heavy atom. The lowest BCUT2D eigenvalue weighted by atomic mass is 10.1. The summed E-state index contributed by atoms with van der Waals surface area (Å²) in [6.07, 6.45) is 5.08. The summed E-state index contributed by atoms with van der Waals surface area (Å²) in [7, 11) is 0. The molecule has 0 radical (unpaired) electrons. The highest BCUT2D eigenvalue weighted by Crippen LogP contribution is 2.25. The van der Waals surface area contributed by atoms with Crippen molar-refractivity contribution in [3.8, 4) is 0 Å². The van der Waals surface area contributed by atoms with Crippen molar-refractivity contribution in [3.63, 3.8) is 0 Å². The SMILES string of the molecule is ClCC1CCCCCN1Cc1ccc(Br)cc1Cl. The fourth-order valence-corrected chi connectivity index (χ4v) is 3.57. The van der Waals surface area contributed by atoms with E-state index in [4.69, 9.17) is 23.2 Å². The summed E-state index contributed by atoms with van der Waals surface area (Å²) >= 11 is 15.8. The van der Waals surface area contributed by atoms with Gasteiger partial charge in [0.2, 0.25) is 0 Å². The van der Waals surface area contributed by atoms with E-state index in [0.29, 0.717) is 11.9 Å². The minimum Gasteiger partial charge on any atom is -0.295 e. The van der Waals surface area contributed by atoms with Crippen LogP contribution in [0.3, 0.4) is 0 Å². The monoisotopic (exact) mass is 349 g/mol. The predicted molar refractivity (Wildman–Crippen MR) is 82.5 cm³/mol. The number of rotatable bonds is 3. The van der Waals surface area contributed by atoms with Crippen LogP contribution < -0.4 is 0 Å². The molecule has 18 heavy (non-hydrogen) atoms. The Morgan fingerprint density at radius 1 is 1.28 bits per heavy atom. The van der Waals surface area contributed by atoms with Gasteiger partial charge in [-0.3, -0.25) is 4.90 Å². The molecule has 1 atom stereocenters. The van der Waals surface area contributed by atoms with Gasteiger partial charge in [-0.05, 0) is 37.1 Å². The minimum atomic E-state index is 0.494. The summed E-state index contributed by atoms with van der Waals surface area (Å²) < 4.78 is 1.03. The molecule has 1 saturated heterocycles. The second kappa shape index (κ2) is 7.14. The molecule has 0 amide bonds. The van der Waals surface area contributed by atoms with Gasteiger partial charge in [0.1, 0.15) is 0 Å². The van der Waals surface area contributed by atoms with E-state index >= 15 is 0 Å². The zero-order valence-electron chi connectivity index (χ0n) is 10.3. The number of nitrogens with zero attached hydrogens (tertiary/aromatic N) is 1. The largest absolute Gasteiger partial charge is 0.295 e. The van der Waals surface area contributed by atoms with Gasteiger partial charge in [0.05, 0.1) is 0 Å². The molecule has 1 nitrogen and oxygen atoms in total. The van der Waals surface area contributed by atoms with Crippen molar-refractivity contribution < 1.29 is 0 Å². The van der Waals surface area contributed by atoms with Crippen LogP contribution in [0.4, 0.5) is 0 Å². The molecule has 1 aliphatic rings. The third-order valence-electron chi connectivity index (χ3n) is 3.57. The van der Waals surface area contributed by atoms with Crippen LogP contribution >= 0.6 is 39.1 Å². The third-order valence-corrected chi connectivity index (χ3v) is 4.77. The topological polar surface area (TPSA) is 3.24 Å². The second-order valence-electron chi connectivity index (χ2n) is 4.86. The average Bonchev–Trinajstić information content (AvgIpc) is 2.57. The number of likely N-dealkylation sites (tertiary alicyclic amines) is 1. The van der Waals surface area contributed by atoms with E-state index in [1.54, 1.807) is 0 Å². The van der Waals surface area contributed by atoms with Gasteiger partial charge in [-0.2, -0.15) is 0 Å². The van der Waals surface area contributed by atoms with Crippen LogP contribution in [-0.4, -0.2) is 23.4 Å². The normalized spacial score (nSPS) is 21.8. The Morgan fingerprint density at radius 2 is 2.11 bits per heavy atom. The van der Waals surface area contributed by atoms with E-state index in [-0.39, 0.29) is 0 Å². The smallest absolute Gasteiger partial charge is 0.0462 e. The van der Waals surface area contributed by atoms with Crippen molar-refractivity contribution in [1.29, 1.82) is 0 Å². The quantitative estimate of drug-likeness (QED) is 0.686. The third kappa shape index (κ3) is 3.86. The van der Waals surface area contributed by atoms with E-state index in [0.717, 1.165) is 22.6 Å². The Bertz CT molecular complexity index is 397. The molecular weight excluding hydrogens is 333 g/mol. The van der Waals surface area contributed by atoms with Crippen LogP contribution in [0, 0.1) is 0 Å². The van der Waals surface area contributed by atoms with E-state index in [1.165, 1.54) is 31.2 Å². The maximum atomic E-state index is 6.29. The lowest BCUT2D eigenvalue weighted by molar-refractivity contribution is 0.207. The lowest BCUT2D eigenvalue weighted by Gasteiger charge is -2.28. The van der Waals surface area contributed by atoms with Crippen LogP contribution in [-0.2, 0) is 6.54 Å². The first-order chi connectivity index (χ1) is 8.70. The highest BCUT2D eigenvalue weighted by atomic mass is 79.9. The molecule has 4 heteroatoms. The van der Waals surface area contributed by atoms with Gasteiger partial charge in [0.25, 0.3) is 0 Å². The Balaban J connectivity index is 2.10. The van der Waals surface area contributed by atoms with E-state index < -0.39 is 0 Å². The average molecular weight is 351 g/mol. The van der Waals surface area contributed by atoms with Gasteiger partial charge in [-0.25, -0.2) is 0 Å². The Hall–Kier alpha value is 0.240. The zero-order valence-corrected chi connectivity index (χ0v) is 13.4. The molecule has 1 fully saturated rings. The first-order valence-electron chi connectivity index (χ1n) is 6.44. The standard InChI is InChI=1S/C14H18BrCl2N/c15-12-6-5-11(14(17)8-12)10-18-7-3-1-2-4-13(18)9-16/h5-6,8,13H,1-4,7,9-10H2. The number of hydrogen-bond donors (Lipinski definition) is 0. The molecular formula is C14H18BrCl2N. The number of alkyl halides is 1. The molecule has 1 heterocycles. The molecule has 0 N–H and O–H groups in total. The van der Waals surface area contributed by atoms with Gasteiger partial charge in [-0.15, -0.1) is 11.6 Å².